The van der Waals surface area contributed by atoms with Gasteiger partial charge in [-0.3, -0.25) is 0 Å². The van der Waals surface area contributed by atoms with E-state index < -0.39 is 0 Å². The van der Waals surface area contributed by atoms with E-state index in [-0.39, 0.29) is 5.41 Å². The minimum atomic E-state index is 0.173. The molecule has 14 heavy (non-hydrogen) atoms. The van der Waals surface area contributed by atoms with Crippen molar-refractivity contribution in [1.29, 1.82) is 0 Å². The third-order valence-electron chi connectivity index (χ3n) is 2.94. The summed E-state index contributed by atoms with van der Waals surface area (Å²) in [5, 5.41) is 0. The van der Waals surface area contributed by atoms with Gasteiger partial charge in [0.05, 0.1) is 0 Å². The number of allylic oxidation sites excluding steroid dienone is 2. The molecule has 84 valence electrons. The molecule has 0 radical (unpaired) electrons. The summed E-state index contributed by atoms with van der Waals surface area (Å²) < 4.78 is 0. The Morgan fingerprint density at radius 3 is 2.00 bits per heavy atom. The largest absolute Gasteiger partial charge is 0.126 e. The normalized spacial score (nSPS) is 17.3. The number of halogens is 1. The van der Waals surface area contributed by atoms with Gasteiger partial charge in [0.15, 0.2) is 0 Å². The Hall–Kier alpha value is 0.0300. The molecule has 0 bridgehead atoms. The zero-order valence-corrected chi connectivity index (χ0v) is 11.1. The van der Waals surface area contributed by atoms with Crippen molar-refractivity contribution in [3.8, 4) is 0 Å². The van der Waals surface area contributed by atoms with Gasteiger partial charge >= 0.3 is 0 Å². The third kappa shape index (κ3) is 5.05. The lowest BCUT2D eigenvalue weighted by Crippen LogP contribution is -2.16. The first-order valence-corrected chi connectivity index (χ1v) is 6.19. The average Bonchev–Trinajstić information content (AvgIpc) is 2.14. The van der Waals surface area contributed by atoms with Crippen LogP contribution in [-0.2, 0) is 0 Å². The van der Waals surface area contributed by atoms with Crippen LogP contribution in [0, 0.1) is 10.8 Å². The molecule has 0 aliphatic rings. The van der Waals surface area contributed by atoms with Crippen LogP contribution in [0.15, 0.2) is 12.2 Å². The van der Waals surface area contributed by atoms with Crippen molar-refractivity contribution in [1.82, 2.24) is 0 Å². The van der Waals surface area contributed by atoms with Gasteiger partial charge in [-0.1, -0.05) is 53.2 Å². The summed E-state index contributed by atoms with van der Waals surface area (Å²) in [7, 11) is 0. The highest BCUT2D eigenvalue weighted by molar-refractivity contribution is 6.18. The minimum Gasteiger partial charge on any atom is -0.126 e. The summed E-state index contributed by atoms with van der Waals surface area (Å²) in [4.78, 5) is 0. The average molecular weight is 217 g/mol. The lowest BCUT2D eigenvalue weighted by Gasteiger charge is -2.25. The van der Waals surface area contributed by atoms with Crippen molar-refractivity contribution in [3.05, 3.63) is 12.2 Å². The van der Waals surface area contributed by atoms with Gasteiger partial charge < -0.3 is 0 Å². The second kappa shape index (κ2) is 5.80. The fourth-order valence-electron chi connectivity index (χ4n) is 1.41. The molecule has 0 spiro atoms. The fourth-order valence-corrected chi connectivity index (χ4v) is 1.69. The van der Waals surface area contributed by atoms with Crippen LogP contribution in [0.1, 0.15) is 53.9 Å². The highest BCUT2D eigenvalue weighted by Crippen LogP contribution is 2.30. The smallest absolute Gasteiger partial charge is 0.0311 e. The zero-order chi connectivity index (χ0) is 11.2. The molecule has 0 aromatic rings. The van der Waals surface area contributed by atoms with E-state index in [9.17, 15) is 0 Å². The van der Waals surface area contributed by atoms with Gasteiger partial charge in [-0.25, -0.2) is 0 Å². The highest BCUT2D eigenvalue weighted by Gasteiger charge is 2.19. The zero-order valence-electron chi connectivity index (χ0n) is 10.4. The molecule has 0 heterocycles. The fraction of sp³-hybridized carbons (Fsp3) is 0.846. The Kier molecular flexibility index (Phi) is 5.81. The van der Waals surface area contributed by atoms with E-state index >= 15 is 0 Å². The highest BCUT2D eigenvalue weighted by atomic mass is 35.5. The van der Waals surface area contributed by atoms with Gasteiger partial charge in [0.25, 0.3) is 0 Å². The quantitative estimate of drug-likeness (QED) is 0.432. The van der Waals surface area contributed by atoms with Crippen molar-refractivity contribution in [2.24, 2.45) is 10.8 Å². The van der Waals surface area contributed by atoms with E-state index in [1.54, 1.807) is 0 Å². The standard InChI is InChI=1S/C13H25Cl/c1-6-8-12(3,4)9-10-13(5,7-2)11-14/h9-10H,6-8,11H2,1-5H3/b10-9+. The summed E-state index contributed by atoms with van der Waals surface area (Å²) in [6, 6.07) is 0. The first-order chi connectivity index (χ1) is 6.39. The summed E-state index contributed by atoms with van der Waals surface area (Å²) >= 11 is 5.96. The molecule has 0 aromatic carbocycles. The van der Waals surface area contributed by atoms with Gasteiger partial charge in [0.2, 0.25) is 0 Å². The van der Waals surface area contributed by atoms with E-state index in [1.807, 2.05) is 0 Å². The predicted molar refractivity (Wildman–Crippen MR) is 66.9 cm³/mol. The molecular formula is C13H25Cl. The molecule has 0 rings (SSSR count). The van der Waals surface area contributed by atoms with Crippen LogP contribution in [0.2, 0.25) is 0 Å². The second-order valence-corrected chi connectivity index (χ2v) is 5.48. The second-order valence-electron chi connectivity index (χ2n) is 5.21. The summed E-state index contributed by atoms with van der Waals surface area (Å²) in [6.45, 7) is 11.2. The molecule has 0 amide bonds. The molecule has 0 aromatic heterocycles. The summed E-state index contributed by atoms with van der Waals surface area (Å²) in [5.41, 5.74) is 0.490. The van der Waals surface area contributed by atoms with Crippen LogP contribution in [0.3, 0.4) is 0 Å². The topological polar surface area (TPSA) is 0 Å². The van der Waals surface area contributed by atoms with Crippen molar-refractivity contribution in [2.75, 3.05) is 5.88 Å². The number of alkyl halides is 1. The minimum absolute atomic E-state index is 0.173. The molecule has 1 heteroatoms. The molecule has 0 aliphatic heterocycles. The molecule has 1 unspecified atom stereocenters. The first kappa shape index (κ1) is 14.0. The molecule has 1 atom stereocenters. The lowest BCUT2D eigenvalue weighted by molar-refractivity contribution is 0.411. The maximum Gasteiger partial charge on any atom is 0.0311 e. The maximum atomic E-state index is 5.96. The van der Waals surface area contributed by atoms with Gasteiger partial charge in [-0.15, -0.1) is 11.6 Å². The van der Waals surface area contributed by atoms with E-state index in [1.165, 1.54) is 12.8 Å². The van der Waals surface area contributed by atoms with Gasteiger partial charge in [0, 0.05) is 5.88 Å². The molecule has 0 saturated carbocycles. The first-order valence-electron chi connectivity index (χ1n) is 5.65. The van der Waals surface area contributed by atoms with E-state index in [4.69, 9.17) is 11.6 Å². The van der Waals surface area contributed by atoms with Crippen LogP contribution < -0.4 is 0 Å². The van der Waals surface area contributed by atoms with Crippen molar-refractivity contribution in [2.45, 2.75) is 53.9 Å². The van der Waals surface area contributed by atoms with Gasteiger partial charge in [0.1, 0.15) is 0 Å². The molecule has 0 fully saturated rings. The Balaban J connectivity index is 4.39. The van der Waals surface area contributed by atoms with Gasteiger partial charge in [-0.05, 0) is 23.7 Å². The molecule has 0 nitrogen and oxygen atoms in total. The molecule has 0 N–H and O–H groups in total. The molecule has 0 aliphatic carbocycles. The summed E-state index contributed by atoms with van der Waals surface area (Å²) in [5.74, 6) is 0.711. The number of hydrogen-bond donors (Lipinski definition) is 0. The SMILES string of the molecule is CCCC(C)(C)/C=C/C(C)(CC)CCl. The molecule has 0 saturated heterocycles. The Morgan fingerprint density at radius 1 is 1.07 bits per heavy atom. The third-order valence-corrected chi connectivity index (χ3v) is 3.55. The van der Waals surface area contributed by atoms with Crippen LogP contribution in [-0.4, -0.2) is 5.88 Å². The van der Waals surface area contributed by atoms with Crippen molar-refractivity contribution < 1.29 is 0 Å². The van der Waals surface area contributed by atoms with Crippen LogP contribution in [0.4, 0.5) is 0 Å². The summed E-state index contributed by atoms with van der Waals surface area (Å²) in [6.07, 6.45) is 8.22. The van der Waals surface area contributed by atoms with Crippen LogP contribution >= 0.6 is 11.6 Å². The molecular weight excluding hydrogens is 192 g/mol. The number of hydrogen-bond acceptors (Lipinski definition) is 0. The predicted octanol–water partition coefficient (Wildman–Crippen LogP) is 5.02. The Morgan fingerprint density at radius 2 is 1.64 bits per heavy atom. The van der Waals surface area contributed by atoms with E-state index in [0.29, 0.717) is 11.3 Å². The van der Waals surface area contributed by atoms with Crippen LogP contribution in [0.25, 0.3) is 0 Å². The lowest BCUT2D eigenvalue weighted by atomic mass is 9.82. The number of rotatable bonds is 6. The monoisotopic (exact) mass is 216 g/mol. The Bertz CT molecular complexity index is 176. The van der Waals surface area contributed by atoms with Crippen LogP contribution in [0.5, 0.6) is 0 Å². The van der Waals surface area contributed by atoms with Crippen molar-refractivity contribution >= 4 is 11.6 Å². The van der Waals surface area contributed by atoms with Gasteiger partial charge in [-0.2, -0.15) is 0 Å². The van der Waals surface area contributed by atoms with Crippen molar-refractivity contribution in [3.63, 3.8) is 0 Å². The van der Waals surface area contributed by atoms with E-state index in [2.05, 4.69) is 46.8 Å². The van der Waals surface area contributed by atoms with E-state index in [0.717, 1.165) is 6.42 Å². The Labute approximate surface area is 94.7 Å². The maximum absolute atomic E-state index is 5.96.